The van der Waals surface area contributed by atoms with Crippen LogP contribution in [0.1, 0.15) is 89.9 Å². The van der Waals surface area contributed by atoms with Crippen LogP contribution in [-0.4, -0.2) is 48.6 Å². The molecule has 0 bridgehead atoms. The van der Waals surface area contributed by atoms with E-state index < -0.39 is 0 Å². The van der Waals surface area contributed by atoms with Gasteiger partial charge in [-0.3, -0.25) is 10.0 Å². The van der Waals surface area contributed by atoms with E-state index >= 15 is 0 Å². The highest BCUT2D eigenvalue weighted by atomic mass is 15.5. The number of hydrogen-bond donors (Lipinski definition) is 0. The first-order valence-corrected chi connectivity index (χ1v) is 11.3. The van der Waals surface area contributed by atoms with Crippen molar-refractivity contribution in [1.82, 2.24) is 10.0 Å². The Balaban J connectivity index is 1.36. The van der Waals surface area contributed by atoms with Gasteiger partial charge >= 0.3 is 0 Å². The third kappa shape index (κ3) is 5.99. The largest absolute Gasteiger partial charge is 0.297 e. The van der Waals surface area contributed by atoms with Crippen LogP contribution in [0, 0.1) is 11.8 Å². The fraction of sp³-hybridized carbons (Fsp3) is 0.909. The van der Waals surface area contributed by atoms with Crippen molar-refractivity contribution in [3.8, 4) is 0 Å². The van der Waals surface area contributed by atoms with Gasteiger partial charge in [-0.25, -0.2) is 0 Å². The molecule has 3 fully saturated rings. The molecule has 0 aromatic carbocycles. The first-order valence-electron chi connectivity index (χ1n) is 11.3. The summed E-state index contributed by atoms with van der Waals surface area (Å²) in [6.07, 6.45) is 23.2. The molecule has 0 spiro atoms. The van der Waals surface area contributed by atoms with Crippen molar-refractivity contribution in [2.75, 3.05) is 14.1 Å². The first kappa shape index (κ1) is 19.7. The van der Waals surface area contributed by atoms with E-state index in [0.717, 1.165) is 0 Å². The molecule has 3 aliphatic rings. The van der Waals surface area contributed by atoms with E-state index in [0.29, 0.717) is 23.9 Å². The molecule has 26 heavy (non-hydrogen) atoms. The topological polar surface area (TPSA) is 31.2 Å². The smallest absolute Gasteiger partial charge is 0.0467 e. The molecule has 4 heteroatoms. The monoisotopic (exact) mass is 360 g/mol. The van der Waals surface area contributed by atoms with Crippen LogP contribution in [0.15, 0.2) is 10.2 Å². The highest BCUT2D eigenvalue weighted by molar-refractivity contribution is 5.63. The second-order valence-corrected chi connectivity index (χ2v) is 8.93. The van der Waals surface area contributed by atoms with Gasteiger partial charge in [0.1, 0.15) is 0 Å². The zero-order valence-corrected chi connectivity index (χ0v) is 17.2. The highest BCUT2D eigenvalue weighted by Crippen LogP contribution is 2.28. The van der Waals surface area contributed by atoms with Crippen molar-refractivity contribution < 1.29 is 0 Å². The number of rotatable bonds is 6. The second-order valence-electron chi connectivity index (χ2n) is 8.93. The van der Waals surface area contributed by atoms with E-state index in [1.807, 2.05) is 0 Å². The molecule has 0 aromatic heterocycles. The molecule has 0 aliphatic heterocycles. The number of nitrogens with zero attached hydrogens (tertiary/aromatic N) is 4. The van der Waals surface area contributed by atoms with E-state index in [2.05, 4.69) is 36.5 Å². The Kier molecular flexibility index (Phi) is 7.82. The van der Waals surface area contributed by atoms with Gasteiger partial charge in [-0.1, -0.05) is 38.5 Å². The Bertz CT molecular complexity index is 399. The molecule has 148 valence electrons. The summed E-state index contributed by atoms with van der Waals surface area (Å²) in [6.45, 7) is 0. The molecule has 0 heterocycles. The fourth-order valence-electron chi connectivity index (χ4n) is 4.94. The van der Waals surface area contributed by atoms with Crippen LogP contribution in [0.25, 0.3) is 0 Å². The van der Waals surface area contributed by atoms with Crippen molar-refractivity contribution in [1.29, 1.82) is 0 Å². The summed E-state index contributed by atoms with van der Waals surface area (Å²) in [7, 11) is 4.34. The van der Waals surface area contributed by atoms with Gasteiger partial charge in [-0.15, -0.1) is 0 Å². The molecular weight excluding hydrogens is 320 g/mol. The van der Waals surface area contributed by atoms with Gasteiger partial charge in [0.05, 0.1) is 0 Å². The Hall–Kier alpha value is -1.06. The molecular formula is C22H40N4. The van der Waals surface area contributed by atoms with E-state index in [1.165, 1.54) is 89.9 Å². The summed E-state index contributed by atoms with van der Waals surface area (Å²) in [6, 6.07) is 1.36. The van der Waals surface area contributed by atoms with Crippen molar-refractivity contribution in [3.05, 3.63) is 0 Å². The zero-order valence-electron chi connectivity index (χ0n) is 17.2. The quantitative estimate of drug-likeness (QED) is 0.476. The maximum Gasteiger partial charge on any atom is 0.0467 e. The average molecular weight is 361 g/mol. The van der Waals surface area contributed by atoms with Gasteiger partial charge in [0, 0.05) is 38.6 Å². The molecule has 3 saturated carbocycles. The maximum atomic E-state index is 4.80. The van der Waals surface area contributed by atoms with Crippen LogP contribution in [0.3, 0.4) is 0 Å². The van der Waals surface area contributed by atoms with Crippen LogP contribution < -0.4 is 0 Å². The van der Waals surface area contributed by atoms with Crippen molar-refractivity contribution in [2.24, 2.45) is 22.0 Å². The minimum Gasteiger partial charge on any atom is -0.297 e. The second kappa shape index (κ2) is 10.3. The third-order valence-corrected chi connectivity index (χ3v) is 6.94. The summed E-state index contributed by atoms with van der Waals surface area (Å²) in [5.41, 5.74) is 0. The van der Waals surface area contributed by atoms with Gasteiger partial charge in [0.15, 0.2) is 0 Å². The molecule has 0 atom stereocenters. The van der Waals surface area contributed by atoms with Crippen LogP contribution in [0.5, 0.6) is 0 Å². The summed E-state index contributed by atoms with van der Waals surface area (Å²) < 4.78 is 0. The molecule has 0 unspecified atom stereocenters. The summed E-state index contributed by atoms with van der Waals surface area (Å²) in [5.74, 6) is 1.34. The Morgan fingerprint density at radius 3 is 1.23 bits per heavy atom. The molecule has 4 nitrogen and oxygen atoms in total. The molecule has 3 rings (SSSR count). The van der Waals surface area contributed by atoms with Crippen molar-refractivity contribution in [3.63, 3.8) is 0 Å². The number of hydrogen-bond acceptors (Lipinski definition) is 4. The van der Waals surface area contributed by atoms with Crippen molar-refractivity contribution in [2.45, 2.75) is 102 Å². The van der Waals surface area contributed by atoms with Crippen LogP contribution in [0.2, 0.25) is 0 Å². The van der Waals surface area contributed by atoms with Crippen molar-refractivity contribution >= 4 is 12.4 Å². The Morgan fingerprint density at radius 1 is 0.538 bits per heavy atom. The van der Waals surface area contributed by atoms with E-state index in [-0.39, 0.29) is 0 Å². The summed E-state index contributed by atoms with van der Waals surface area (Å²) in [5, 5.41) is 14.1. The lowest BCUT2D eigenvalue weighted by Gasteiger charge is -2.30. The van der Waals surface area contributed by atoms with E-state index in [9.17, 15) is 0 Å². The Morgan fingerprint density at radius 2 is 0.885 bits per heavy atom. The minimum atomic E-state index is 0.668. The average Bonchev–Trinajstić information content (AvgIpc) is 2.72. The standard InChI is InChI=1S/C22H40N4/c1-25(21-9-5-3-6-10-21)23-17-19-13-15-20(16-14-19)18-24-26(2)22-11-7-4-8-12-22/h17-22H,3-16H2,1-2H3. The minimum absolute atomic E-state index is 0.668. The van der Waals surface area contributed by atoms with E-state index in [1.54, 1.807) is 0 Å². The molecule has 0 aromatic rings. The maximum absolute atomic E-state index is 4.80. The van der Waals surface area contributed by atoms with Gasteiger partial charge < -0.3 is 0 Å². The van der Waals surface area contributed by atoms with Gasteiger partial charge in [0.2, 0.25) is 0 Å². The zero-order chi connectivity index (χ0) is 18.2. The molecule has 0 amide bonds. The lowest BCUT2D eigenvalue weighted by atomic mass is 9.83. The number of hydrazone groups is 2. The van der Waals surface area contributed by atoms with Gasteiger partial charge in [-0.2, -0.15) is 10.2 Å². The summed E-state index contributed by atoms with van der Waals surface area (Å²) >= 11 is 0. The summed E-state index contributed by atoms with van der Waals surface area (Å²) in [4.78, 5) is 0. The predicted octanol–water partition coefficient (Wildman–Crippen LogP) is 5.29. The first-order chi connectivity index (χ1) is 12.7. The molecule has 0 N–H and O–H groups in total. The molecule has 0 radical (unpaired) electrons. The molecule has 3 aliphatic carbocycles. The normalized spacial score (nSPS) is 29.5. The lowest BCUT2D eigenvalue weighted by molar-refractivity contribution is 0.197. The van der Waals surface area contributed by atoms with E-state index in [4.69, 9.17) is 10.2 Å². The van der Waals surface area contributed by atoms with Crippen LogP contribution in [-0.2, 0) is 0 Å². The highest BCUT2D eigenvalue weighted by Gasteiger charge is 2.21. The molecule has 0 saturated heterocycles. The third-order valence-electron chi connectivity index (χ3n) is 6.94. The van der Waals surface area contributed by atoms with Crippen LogP contribution >= 0.6 is 0 Å². The Labute approximate surface area is 161 Å². The lowest BCUT2D eigenvalue weighted by Crippen LogP contribution is -2.30. The fourth-order valence-corrected chi connectivity index (χ4v) is 4.94. The van der Waals surface area contributed by atoms with Gasteiger partial charge in [-0.05, 0) is 63.2 Å². The van der Waals surface area contributed by atoms with Crippen LogP contribution in [0.4, 0.5) is 0 Å². The SMILES string of the molecule is CN(N=CC1CCC(C=NN(C)C2CCCCC2)CC1)C1CCCCC1. The predicted molar refractivity (Wildman–Crippen MR) is 112 cm³/mol. The van der Waals surface area contributed by atoms with Gasteiger partial charge in [0.25, 0.3) is 0 Å².